The molecular formula is C20H17BrINO2SeSi. The molecule has 1 aliphatic heterocycles. The van der Waals surface area contributed by atoms with Crippen molar-refractivity contribution in [2.75, 3.05) is 0 Å². The van der Waals surface area contributed by atoms with Crippen molar-refractivity contribution in [2.24, 2.45) is 4.99 Å². The second kappa shape index (κ2) is 7.26. The number of allylic oxidation sites excluding steroid dienone is 4. The summed E-state index contributed by atoms with van der Waals surface area (Å²) in [5.41, 5.74) is 2.82. The van der Waals surface area contributed by atoms with Crippen LogP contribution in [0.3, 0.4) is 0 Å². The van der Waals surface area contributed by atoms with Crippen molar-refractivity contribution in [2.45, 2.75) is 25.9 Å². The van der Waals surface area contributed by atoms with E-state index in [0.717, 1.165) is 39.1 Å². The second-order valence-corrected chi connectivity index (χ2v) is 16.9. The minimum absolute atomic E-state index is 0.0344. The summed E-state index contributed by atoms with van der Waals surface area (Å²) < 4.78 is 3.57. The Morgan fingerprint density at radius 3 is 2.78 bits per heavy atom. The predicted octanol–water partition coefficient (Wildman–Crippen LogP) is 4.87. The fourth-order valence-electron chi connectivity index (χ4n) is 4.03. The molecule has 2 heterocycles. The summed E-state index contributed by atoms with van der Waals surface area (Å²) in [6.45, 7) is 4.51. The third-order valence-electron chi connectivity index (χ3n) is 5.16. The molecule has 1 N–H and O–H groups in total. The Bertz CT molecular complexity index is 1050. The molecule has 27 heavy (non-hydrogen) atoms. The molecule has 0 radical (unpaired) electrons. The van der Waals surface area contributed by atoms with Crippen molar-refractivity contribution < 1.29 is 9.90 Å². The van der Waals surface area contributed by atoms with E-state index in [0.29, 0.717) is 5.75 Å². The van der Waals surface area contributed by atoms with Gasteiger partial charge in [0.05, 0.1) is 0 Å². The number of phenols is 1. The third-order valence-corrected chi connectivity index (χ3v) is 15.5. The van der Waals surface area contributed by atoms with Crippen LogP contribution in [-0.2, 0) is 4.79 Å². The van der Waals surface area contributed by atoms with E-state index in [1.807, 2.05) is 12.1 Å². The monoisotopic (exact) mass is 617 g/mol. The van der Waals surface area contributed by atoms with Gasteiger partial charge in [-0.15, -0.1) is 0 Å². The molecule has 0 saturated heterocycles. The number of hydrogen-bond donors (Lipinski definition) is 1. The summed E-state index contributed by atoms with van der Waals surface area (Å²) in [4.78, 5) is 17.0. The fraction of sp³-hybridized carbons (Fsp3) is 0.200. The molecule has 0 saturated carbocycles. The molecule has 2 aromatic rings. The summed E-state index contributed by atoms with van der Waals surface area (Å²) in [7, 11) is -2.22. The molecule has 0 amide bonds. The van der Waals surface area contributed by atoms with E-state index >= 15 is 0 Å². The van der Waals surface area contributed by atoms with Crippen LogP contribution < -0.4 is 5.19 Å². The van der Waals surface area contributed by atoms with Crippen molar-refractivity contribution in [1.82, 2.24) is 0 Å². The Hall–Kier alpha value is -0.734. The predicted molar refractivity (Wildman–Crippen MR) is 127 cm³/mol. The molecular weight excluding hydrogens is 600 g/mol. The van der Waals surface area contributed by atoms with Crippen LogP contribution in [0.25, 0.3) is 10.0 Å². The van der Waals surface area contributed by atoms with Gasteiger partial charge in [-0.05, 0) is 0 Å². The van der Waals surface area contributed by atoms with Crippen LogP contribution in [0.4, 0.5) is 5.69 Å². The quantitative estimate of drug-likeness (QED) is 0.304. The van der Waals surface area contributed by atoms with Crippen molar-refractivity contribution >= 4 is 83.5 Å². The molecule has 1 unspecified atom stereocenters. The zero-order valence-electron chi connectivity index (χ0n) is 14.8. The summed E-state index contributed by atoms with van der Waals surface area (Å²) in [5.74, 6) is 0.354. The molecule has 0 bridgehead atoms. The number of nitrogens with zero attached hydrogens (tertiary/aromatic N) is 1. The Kier molecular flexibility index (Phi) is 5.26. The molecule has 1 aromatic carbocycles. The first kappa shape index (κ1) is 19.6. The number of carbonyl (C=O) groups excluding carboxylic acids is 1. The van der Waals surface area contributed by atoms with Crippen molar-refractivity contribution in [1.29, 1.82) is 0 Å². The average Bonchev–Trinajstić information content (AvgIpc) is 2.95. The van der Waals surface area contributed by atoms with Gasteiger partial charge in [-0.25, -0.2) is 0 Å². The van der Waals surface area contributed by atoms with E-state index in [-0.39, 0.29) is 20.3 Å². The maximum atomic E-state index is 12.1. The van der Waals surface area contributed by atoms with Crippen molar-refractivity contribution in [3.63, 3.8) is 0 Å². The van der Waals surface area contributed by atoms with Gasteiger partial charge in [-0.2, -0.15) is 0 Å². The van der Waals surface area contributed by atoms with Crippen molar-refractivity contribution in [3.05, 3.63) is 48.5 Å². The van der Waals surface area contributed by atoms with Gasteiger partial charge >= 0.3 is 189 Å². The number of aromatic hydroxyl groups is 1. The van der Waals surface area contributed by atoms with E-state index in [1.165, 1.54) is 12.1 Å². The summed E-state index contributed by atoms with van der Waals surface area (Å²) in [6.07, 6.45) is 6.27. The second-order valence-electron chi connectivity index (χ2n) is 6.96. The van der Waals surface area contributed by atoms with Gasteiger partial charge < -0.3 is 0 Å². The number of benzene rings is 1. The van der Waals surface area contributed by atoms with Gasteiger partial charge in [0.2, 0.25) is 0 Å². The Labute approximate surface area is 187 Å². The van der Waals surface area contributed by atoms with Crippen molar-refractivity contribution in [3.8, 4) is 15.8 Å². The normalized spacial score (nSPS) is 20.8. The summed E-state index contributed by atoms with van der Waals surface area (Å²) in [6, 6.07) is 6.85. The van der Waals surface area contributed by atoms with Gasteiger partial charge in [-0.3, -0.25) is 0 Å². The van der Waals surface area contributed by atoms with Gasteiger partial charge in [-0.1, -0.05) is 0 Å². The Morgan fingerprint density at radius 1 is 1.33 bits per heavy atom. The molecule has 1 aliphatic carbocycles. The first-order valence-corrected chi connectivity index (χ1v) is 15.0. The average molecular weight is 617 g/mol. The van der Waals surface area contributed by atoms with Crippen LogP contribution in [0.1, 0.15) is 13.3 Å². The number of phenolic OH excluding ortho intramolecular Hbond substituents is 1. The zero-order chi connectivity index (χ0) is 19.3. The van der Waals surface area contributed by atoms with Crippen LogP contribution in [0, 0.1) is 2.44 Å². The van der Waals surface area contributed by atoms with Gasteiger partial charge in [0.1, 0.15) is 0 Å². The number of aliphatic imine (C=N–C) groups is 1. The van der Waals surface area contributed by atoms with Crippen LogP contribution >= 0.6 is 38.5 Å². The Balaban J connectivity index is 2.07. The Morgan fingerprint density at radius 2 is 2.11 bits per heavy atom. The number of fused-ring (bicyclic) bond motifs is 2. The van der Waals surface area contributed by atoms with E-state index in [2.05, 4.69) is 58.1 Å². The third kappa shape index (κ3) is 3.21. The van der Waals surface area contributed by atoms with E-state index < -0.39 is 8.07 Å². The van der Waals surface area contributed by atoms with Gasteiger partial charge in [0.25, 0.3) is 0 Å². The molecule has 1 aromatic heterocycles. The molecule has 1 atom stereocenters. The topological polar surface area (TPSA) is 49.7 Å². The summed E-state index contributed by atoms with van der Waals surface area (Å²) in [5, 5.41) is 13.1. The first-order chi connectivity index (χ1) is 12.8. The van der Waals surface area contributed by atoms with E-state index in [9.17, 15) is 9.90 Å². The molecule has 3 nitrogen and oxygen atoms in total. The van der Waals surface area contributed by atoms with Gasteiger partial charge in [0, 0.05) is 0 Å². The standard InChI is InChI=1S/C20H17BrINO2SeSi/c1-3-8-27(2)17-9-11(24)4-5-13(17)23-14-6-7-15(25)18(19(14)27)16-10-12(21)20(22)26-16/h4-7,9-10,25H,3,8H2,1-2H3. The first-order valence-electron chi connectivity index (χ1n) is 8.70. The molecule has 0 fully saturated rings. The number of ketones is 1. The number of hydrogen-bond acceptors (Lipinski definition) is 3. The fourth-order valence-corrected chi connectivity index (χ4v) is 12.8. The van der Waals surface area contributed by atoms with E-state index in [4.69, 9.17) is 4.99 Å². The van der Waals surface area contributed by atoms with Crippen LogP contribution in [-0.4, -0.2) is 39.2 Å². The van der Waals surface area contributed by atoms with Crippen LogP contribution in [0.5, 0.6) is 5.75 Å². The zero-order valence-corrected chi connectivity index (χ0v) is 21.3. The van der Waals surface area contributed by atoms with Gasteiger partial charge in [0.15, 0.2) is 0 Å². The molecule has 0 spiro atoms. The molecule has 138 valence electrons. The molecule has 7 heteroatoms. The SMILES string of the molecule is CCC[Si]1(C)C2=CC(=O)C=CC2=Nc2ccc(O)c(-c3cc(Br)c(I)[se]3)c21. The number of halogens is 2. The van der Waals surface area contributed by atoms with Crippen LogP contribution in [0.15, 0.2) is 51.1 Å². The molecule has 2 aliphatic rings. The number of carbonyl (C=O) groups is 1. The summed E-state index contributed by atoms with van der Waals surface area (Å²) >= 11 is 6.16. The minimum atomic E-state index is -2.22. The maximum absolute atomic E-state index is 12.1. The van der Waals surface area contributed by atoms with E-state index in [1.54, 1.807) is 18.2 Å². The molecule has 4 rings (SSSR count). The number of rotatable bonds is 3. The van der Waals surface area contributed by atoms with Crippen LogP contribution in [0.2, 0.25) is 12.6 Å².